The molecule has 1 aliphatic heterocycles. The normalized spacial score (nSPS) is 17.2. The van der Waals surface area contributed by atoms with Crippen molar-refractivity contribution < 1.29 is 4.74 Å². The van der Waals surface area contributed by atoms with E-state index < -0.39 is 0 Å². The first-order valence-electron chi connectivity index (χ1n) is 4.92. The van der Waals surface area contributed by atoms with Crippen molar-refractivity contribution in [3.8, 4) is 5.75 Å². The summed E-state index contributed by atoms with van der Waals surface area (Å²) in [7, 11) is 2.08. The lowest BCUT2D eigenvalue weighted by atomic mass is 10.1. The van der Waals surface area contributed by atoms with Crippen LogP contribution in [0.2, 0.25) is 0 Å². The van der Waals surface area contributed by atoms with Crippen molar-refractivity contribution in [2.24, 2.45) is 5.73 Å². The third-order valence-electron chi connectivity index (χ3n) is 2.60. The molecule has 1 aromatic carbocycles. The van der Waals surface area contributed by atoms with E-state index >= 15 is 0 Å². The molecule has 0 amide bonds. The zero-order valence-electron chi connectivity index (χ0n) is 8.66. The molecule has 0 aliphatic carbocycles. The molecule has 3 nitrogen and oxygen atoms in total. The van der Waals surface area contributed by atoms with Crippen LogP contribution in [0.4, 0.5) is 5.69 Å². The van der Waals surface area contributed by atoms with E-state index in [1.165, 1.54) is 0 Å². The minimum atomic E-state index is 0.0793. The number of fused-ring (bicyclic) bond motifs is 1. The average Bonchev–Trinajstić information content (AvgIpc) is 2.18. The van der Waals surface area contributed by atoms with Gasteiger partial charge in [0.15, 0.2) is 0 Å². The molecule has 76 valence electrons. The molecule has 14 heavy (non-hydrogen) atoms. The Morgan fingerprint density at radius 1 is 1.50 bits per heavy atom. The molecule has 0 spiro atoms. The topological polar surface area (TPSA) is 38.5 Å². The summed E-state index contributed by atoms with van der Waals surface area (Å²) >= 11 is 0. The van der Waals surface area contributed by atoms with Crippen LogP contribution < -0.4 is 15.4 Å². The van der Waals surface area contributed by atoms with Gasteiger partial charge in [0.25, 0.3) is 0 Å². The molecule has 0 fully saturated rings. The van der Waals surface area contributed by atoms with Crippen molar-refractivity contribution in [3.63, 3.8) is 0 Å². The summed E-state index contributed by atoms with van der Waals surface area (Å²) < 4.78 is 5.55. The monoisotopic (exact) mass is 192 g/mol. The van der Waals surface area contributed by atoms with Gasteiger partial charge in [0.1, 0.15) is 12.4 Å². The van der Waals surface area contributed by atoms with Crippen molar-refractivity contribution in [1.29, 1.82) is 0 Å². The Hall–Kier alpha value is -1.22. The maximum atomic E-state index is 5.83. The lowest BCUT2D eigenvalue weighted by Crippen LogP contribution is -2.29. The summed E-state index contributed by atoms with van der Waals surface area (Å²) in [5.41, 5.74) is 8.13. The smallest absolute Gasteiger partial charge is 0.142 e. The largest absolute Gasteiger partial charge is 0.490 e. The summed E-state index contributed by atoms with van der Waals surface area (Å²) in [6, 6.07) is 6.22. The Morgan fingerprint density at radius 2 is 2.29 bits per heavy atom. The third kappa shape index (κ3) is 1.55. The van der Waals surface area contributed by atoms with Gasteiger partial charge < -0.3 is 15.4 Å². The third-order valence-corrected chi connectivity index (χ3v) is 2.60. The van der Waals surface area contributed by atoms with Crippen LogP contribution in [0.1, 0.15) is 18.5 Å². The predicted molar refractivity (Wildman–Crippen MR) is 57.8 cm³/mol. The Balaban J connectivity index is 2.41. The summed E-state index contributed by atoms with van der Waals surface area (Å²) in [4.78, 5) is 2.20. The van der Waals surface area contributed by atoms with E-state index in [0.29, 0.717) is 0 Å². The van der Waals surface area contributed by atoms with Crippen molar-refractivity contribution >= 4 is 5.69 Å². The summed E-state index contributed by atoms with van der Waals surface area (Å²) in [5, 5.41) is 0. The van der Waals surface area contributed by atoms with Gasteiger partial charge in [0, 0.05) is 13.1 Å². The van der Waals surface area contributed by atoms with Crippen LogP contribution in [-0.2, 0) is 0 Å². The van der Waals surface area contributed by atoms with Crippen LogP contribution in [0.3, 0.4) is 0 Å². The molecule has 0 unspecified atom stereocenters. The number of anilines is 1. The van der Waals surface area contributed by atoms with Gasteiger partial charge in [-0.05, 0) is 24.6 Å². The molecular formula is C11H16N2O. The van der Waals surface area contributed by atoms with Crippen molar-refractivity contribution in [2.75, 3.05) is 25.1 Å². The van der Waals surface area contributed by atoms with Crippen molar-refractivity contribution in [3.05, 3.63) is 23.8 Å². The number of likely N-dealkylation sites (N-methyl/N-ethyl adjacent to an activating group) is 1. The molecule has 1 aliphatic rings. The lowest BCUT2D eigenvalue weighted by Gasteiger charge is -2.28. The van der Waals surface area contributed by atoms with Crippen molar-refractivity contribution in [1.82, 2.24) is 0 Å². The van der Waals surface area contributed by atoms with Crippen molar-refractivity contribution in [2.45, 2.75) is 13.0 Å². The van der Waals surface area contributed by atoms with E-state index in [1.807, 2.05) is 19.1 Å². The first-order valence-corrected chi connectivity index (χ1v) is 4.92. The molecule has 0 bridgehead atoms. The molecule has 1 atom stereocenters. The van der Waals surface area contributed by atoms with Gasteiger partial charge in [-0.15, -0.1) is 0 Å². The molecule has 0 aromatic heterocycles. The summed E-state index contributed by atoms with van der Waals surface area (Å²) in [5.74, 6) is 0.961. The number of ether oxygens (including phenoxy) is 1. The molecule has 2 N–H and O–H groups in total. The highest BCUT2D eigenvalue weighted by Gasteiger charge is 2.15. The Bertz CT molecular complexity index is 336. The number of rotatable bonds is 1. The number of nitrogens with zero attached hydrogens (tertiary/aromatic N) is 1. The summed E-state index contributed by atoms with van der Waals surface area (Å²) in [6.45, 7) is 3.70. The number of hydrogen-bond acceptors (Lipinski definition) is 3. The SMILES string of the molecule is C[C@@H](N)c1ccc2c(c1)N(C)CCO2. The van der Waals surface area contributed by atoms with Crippen LogP contribution in [0.5, 0.6) is 5.75 Å². The predicted octanol–water partition coefficient (Wildman–Crippen LogP) is 1.53. The Morgan fingerprint density at radius 3 is 3.00 bits per heavy atom. The van der Waals surface area contributed by atoms with Crippen LogP contribution in [0.25, 0.3) is 0 Å². The van der Waals surface area contributed by atoms with E-state index in [1.54, 1.807) is 0 Å². The minimum Gasteiger partial charge on any atom is -0.490 e. The fraction of sp³-hybridized carbons (Fsp3) is 0.455. The maximum absolute atomic E-state index is 5.83. The van der Waals surface area contributed by atoms with Gasteiger partial charge in [-0.1, -0.05) is 6.07 Å². The number of nitrogens with two attached hydrogens (primary N) is 1. The maximum Gasteiger partial charge on any atom is 0.142 e. The lowest BCUT2D eigenvalue weighted by molar-refractivity contribution is 0.311. The fourth-order valence-electron chi connectivity index (χ4n) is 1.65. The number of benzene rings is 1. The van der Waals surface area contributed by atoms with Gasteiger partial charge >= 0.3 is 0 Å². The molecule has 1 heterocycles. The van der Waals surface area contributed by atoms with Gasteiger partial charge in [-0.2, -0.15) is 0 Å². The van der Waals surface area contributed by atoms with E-state index in [2.05, 4.69) is 18.0 Å². The molecule has 1 aromatic rings. The first kappa shape index (κ1) is 9.34. The molecular weight excluding hydrogens is 176 g/mol. The highest BCUT2D eigenvalue weighted by atomic mass is 16.5. The van der Waals surface area contributed by atoms with Gasteiger partial charge in [0.2, 0.25) is 0 Å². The van der Waals surface area contributed by atoms with E-state index in [-0.39, 0.29) is 6.04 Å². The summed E-state index contributed by atoms with van der Waals surface area (Å²) in [6.07, 6.45) is 0. The molecule has 0 saturated heterocycles. The van der Waals surface area contributed by atoms with Gasteiger partial charge in [-0.25, -0.2) is 0 Å². The number of hydrogen-bond donors (Lipinski definition) is 1. The van der Waals surface area contributed by atoms with E-state index in [0.717, 1.165) is 30.2 Å². The van der Waals surface area contributed by atoms with Crippen LogP contribution in [-0.4, -0.2) is 20.2 Å². The highest BCUT2D eigenvalue weighted by Crippen LogP contribution is 2.32. The highest BCUT2D eigenvalue weighted by molar-refractivity contribution is 5.61. The fourth-order valence-corrected chi connectivity index (χ4v) is 1.65. The minimum absolute atomic E-state index is 0.0793. The van der Waals surface area contributed by atoms with E-state index in [9.17, 15) is 0 Å². The second-order valence-electron chi connectivity index (χ2n) is 3.79. The second-order valence-corrected chi connectivity index (χ2v) is 3.79. The molecule has 0 radical (unpaired) electrons. The molecule has 0 saturated carbocycles. The Kier molecular flexibility index (Phi) is 2.33. The zero-order valence-corrected chi connectivity index (χ0v) is 8.66. The average molecular weight is 192 g/mol. The molecule has 3 heteroatoms. The van der Waals surface area contributed by atoms with Gasteiger partial charge in [-0.3, -0.25) is 0 Å². The van der Waals surface area contributed by atoms with E-state index in [4.69, 9.17) is 10.5 Å². The second kappa shape index (κ2) is 3.50. The van der Waals surface area contributed by atoms with Crippen LogP contribution in [0.15, 0.2) is 18.2 Å². The Labute approximate surface area is 84.5 Å². The van der Waals surface area contributed by atoms with Crippen LogP contribution in [0, 0.1) is 0 Å². The van der Waals surface area contributed by atoms with Crippen LogP contribution >= 0.6 is 0 Å². The zero-order chi connectivity index (χ0) is 10.1. The standard InChI is InChI=1S/C11H16N2O/c1-8(12)9-3-4-11-10(7-9)13(2)5-6-14-11/h3-4,7-8H,5-6,12H2,1-2H3/t8-/m1/s1. The first-order chi connectivity index (χ1) is 6.68. The van der Waals surface area contributed by atoms with Gasteiger partial charge in [0.05, 0.1) is 12.2 Å². The quantitative estimate of drug-likeness (QED) is 0.733. The molecule has 2 rings (SSSR count).